The number of nitrogens with one attached hydrogen (secondary N) is 1. The average Bonchev–Trinajstić information content (AvgIpc) is 3.43. The number of hydrogen-bond acceptors (Lipinski definition) is 3. The van der Waals surface area contributed by atoms with Gasteiger partial charge in [0.1, 0.15) is 0 Å². The molecule has 1 N–H and O–H groups in total. The predicted octanol–water partition coefficient (Wildman–Crippen LogP) is 4.89. The molecule has 3 amide bonds. The van der Waals surface area contributed by atoms with Crippen molar-refractivity contribution in [3.8, 4) is 0 Å². The van der Waals surface area contributed by atoms with E-state index >= 15 is 0 Å². The van der Waals surface area contributed by atoms with Crippen LogP contribution < -0.4 is 5.32 Å². The minimum Gasteiger partial charge on any atom is -0.325 e. The molecular formula is C23H24ClF3N2O3. The maximum Gasteiger partial charge on any atom is 0.416 e. The number of imide groups is 1. The lowest BCUT2D eigenvalue weighted by molar-refractivity contribution is -0.144. The lowest BCUT2D eigenvalue weighted by Gasteiger charge is -2.33. The molecule has 1 aromatic carbocycles. The fraction of sp³-hybridized carbons (Fsp3) is 0.609. The summed E-state index contributed by atoms with van der Waals surface area (Å²) in [4.78, 5) is 40.2. The van der Waals surface area contributed by atoms with Crippen molar-refractivity contribution in [2.24, 2.45) is 29.6 Å². The predicted molar refractivity (Wildman–Crippen MR) is 110 cm³/mol. The summed E-state index contributed by atoms with van der Waals surface area (Å²) in [7, 11) is 0. The number of carbonyl (C=O) groups excluding carboxylic acids is 3. The Balaban J connectivity index is 1.22. The summed E-state index contributed by atoms with van der Waals surface area (Å²) in [6.45, 7) is 0. The molecule has 0 spiro atoms. The van der Waals surface area contributed by atoms with Gasteiger partial charge in [-0.15, -0.1) is 0 Å². The molecule has 1 aliphatic heterocycles. The summed E-state index contributed by atoms with van der Waals surface area (Å²) in [5.74, 6) is -0.474. The largest absolute Gasteiger partial charge is 0.416 e. The summed E-state index contributed by atoms with van der Waals surface area (Å²) in [5, 5.41) is 2.56. The summed E-state index contributed by atoms with van der Waals surface area (Å²) in [5.41, 5.74) is -0.951. The van der Waals surface area contributed by atoms with Crippen LogP contribution in [0.4, 0.5) is 18.9 Å². The average molecular weight is 469 g/mol. The van der Waals surface area contributed by atoms with Gasteiger partial charge >= 0.3 is 6.18 Å². The molecule has 0 aromatic heterocycles. The van der Waals surface area contributed by atoms with E-state index in [0.717, 1.165) is 37.5 Å². The maximum absolute atomic E-state index is 13.0. The molecule has 1 saturated heterocycles. The fourth-order valence-electron chi connectivity index (χ4n) is 6.42. The second-order valence-electron chi connectivity index (χ2n) is 9.62. The highest BCUT2D eigenvalue weighted by molar-refractivity contribution is 6.33. The zero-order valence-corrected chi connectivity index (χ0v) is 18.1. The van der Waals surface area contributed by atoms with Crippen molar-refractivity contribution >= 4 is 35.0 Å². The number of fused-ring (bicyclic) bond motifs is 5. The van der Waals surface area contributed by atoms with Gasteiger partial charge in [-0.1, -0.05) is 11.6 Å². The normalized spacial score (nSPS) is 34.2. The van der Waals surface area contributed by atoms with Crippen LogP contribution in [0.3, 0.4) is 0 Å². The Labute approximate surface area is 188 Å². The van der Waals surface area contributed by atoms with E-state index in [1.165, 1.54) is 4.90 Å². The summed E-state index contributed by atoms with van der Waals surface area (Å²) in [6.07, 6.45) is 0.508. The van der Waals surface area contributed by atoms with Crippen molar-refractivity contribution in [3.63, 3.8) is 0 Å². The number of nitrogens with zero attached hydrogens (tertiary/aromatic N) is 1. The smallest absolute Gasteiger partial charge is 0.325 e. The number of amides is 3. The van der Waals surface area contributed by atoms with Crippen molar-refractivity contribution in [1.29, 1.82) is 0 Å². The SMILES string of the molecule is O=C(Nc1cc(C(F)(F)F)ccc1Cl)C1CCC(N2C(=O)[C@@H]3[C@H]4CC[C@@H](C4)[C@H]3C2=O)CC1. The van der Waals surface area contributed by atoms with Gasteiger partial charge in [0.25, 0.3) is 0 Å². The highest BCUT2D eigenvalue weighted by Gasteiger charge is 2.61. The molecule has 2 bridgehead atoms. The first-order valence-corrected chi connectivity index (χ1v) is 11.6. The van der Waals surface area contributed by atoms with Crippen LogP contribution in [0.15, 0.2) is 18.2 Å². The molecule has 4 fully saturated rings. The lowest BCUT2D eigenvalue weighted by atomic mass is 9.81. The Kier molecular flexibility index (Phi) is 5.26. The highest BCUT2D eigenvalue weighted by atomic mass is 35.5. The van der Waals surface area contributed by atoms with Crippen molar-refractivity contribution in [1.82, 2.24) is 4.90 Å². The fourth-order valence-corrected chi connectivity index (χ4v) is 6.58. The molecule has 0 radical (unpaired) electrons. The molecular weight excluding hydrogens is 445 g/mol. The molecule has 1 aromatic rings. The molecule has 5 rings (SSSR count). The monoisotopic (exact) mass is 468 g/mol. The van der Waals surface area contributed by atoms with Gasteiger partial charge in [0.2, 0.25) is 17.7 Å². The van der Waals surface area contributed by atoms with Crippen LogP contribution in [-0.4, -0.2) is 28.7 Å². The Morgan fingerprint density at radius 1 is 0.969 bits per heavy atom. The van der Waals surface area contributed by atoms with E-state index in [2.05, 4.69) is 5.32 Å². The summed E-state index contributed by atoms with van der Waals surface area (Å²) < 4.78 is 38.9. The van der Waals surface area contributed by atoms with Gasteiger partial charge in [0.05, 0.1) is 28.1 Å². The van der Waals surface area contributed by atoms with Crippen molar-refractivity contribution in [2.45, 2.75) is 57.2 Å². The van der Waals surface area contributed by atoms with E-state index < -0.39 is 23.6 Å². The number of carbonyl (C=O) groups is 3. The second kappa shape index (κ2) is 7.75. The third-order valence-electron chi connectivity index (χ3n) is 7.95. The molecule has 1 heterocycles. The lowest BCUT2D eigenvalue weighted by Crippen LogP contribution is -2.44. The number of rotatable bonds is 3. The first-order chi connectivity index (χ1) is 15.1. The Bertz CT molecular complexity index is 946. The van der Waals surface area contributed by atoms with Crippen LogP contribution in [0, 0.1) is 29.6 Å². The van der Waals surface area contributed by atoms with E-state index in [1.807, 2.05) is 0 Å². The quantitative estimate of drug-likeness (QED) is 0.642. The number of benzene rings is 1. The van der Waals surface area contributed by atoms with E-state index in [4.69, 9.17) is 11.6 Å². The Morgan fingerprint density at radius 2 is 1.56 bits per heavy atom. The van der Waals surface area contributed by atoms with E-state index in [9.17, 15) is 27.6 Å². The van der Waals surface area contributed by atoms with Crippen LogP contribution >= 0.6 is 11.6 Å². The zero-order chi connectivity index (χ0) is 22.8. The molecule has 4 aliphatic rings. The molecule has 3 saturated carbocycles. The number of alkyl halides is 3. The van der Waals surface area contributed by atoms with Crippen LogP contribution in [0.5, 0.6) is 0 Å². The van der Waals surface area contributed by atoms with Crippen LogP contribution in [0.1, 0.15) is 50.5 Å². The number of hydrogen-bond donors (Lipinski definition) is 1. The van der Waals surface area contributed by atoms with Gasteiger partial charge in [-0.05, 0) is 75.0 Å². The first-order valence-electron chi connectivity index (χ1n) is 11.2. The van der Waals surface area contributed by atoms with E-state index in [-0.39, 0.29) is 40.4 Å². The van der Waals surface area contributed by atoms with Crippen LogP contribution in [0.2, 0.25) is 5.02 Å². The van der Waals surface area contributed by atoms with Crippen molar-refractivity contribution in [2.75, 3.05) is 5.32 Å². The molecule has 32 heavy (non-hydrogen) atoms. The van der Waals surface area contributed by atoms with Gasteiger partial charge in [0.15, 0.2) is 0 Å². The van der Waals surface area contributed by atoms with Gasteiger partial charge in [-0.25, -0.2) is 0 Å². The van der Waals surface area contributed by atoms with Crippen LogP contribution in [-0.2, 0) is 20.6 Å². The van der Waals surface area contributed by atoms with Crippen molar-refractivity contribution < 1.29 is 27.6 Å². The van der Waals surface area contributed by atoms with E-state index in [0.29, 0.717) is 37.5 Å². The first kappa shape index (κ1) is 21.7. The minimum absolute atomic E-state index is 0.0316. The third-order valence-corrected chi connectivity index (χ3v) is 8.28. The van der Waals surface area contributed by atoms with E-state index in [1.54, 1.807) is 0 Å². The zero-order valence-electron chi connectivity index (χ0n) is 17.3. The molecule has 0 unspecified atom stereocenters. The third kappa shape index (κ3) is 3.51. The molecule has 3 aliphatic carbocycles. The standard InChI is InChI=1S/C23H24ClF3N2O3/c24-16-8-5-14(23(25,26)27)10-17(16)28-20(30)11-3-6-15(7-4-11)29-21(31)18-12-1-2-13(9-12)19(18)22(29)32/h5,8,10-13,15,18-19H,1-4,6-7,9H2,(H,28,30)/t11?,12-,13-,15?,18+,19+/m0/s1. The molecule has 5 nitrogen and oxygen atoms in total. The van der Waals surface area contributed by atoms with Gasteiger partial charge in [0, 0.05) is 12.0 Å². The molecule has 172 valence electrons. The molecule has 4 atom stereocenters. The number of likely N-dealkylation sites (tertiary alicyclic amines) is 1. The number of halogens is 4. The minimum atomic E-state index is -4.53. The second-order valence-corrected chi connectivity index (χ2v) is 10.0. The van der Waals surface area contributed by atoms with Gasteiger partial charge in [-0.3, -0.25) is 19.3 Å². The summed E-state index contributed by atoms with van der Waals surface area (Å²) in [6, 6.07) is 2.63. The highest BCUT2D eigenvalue weighted by Crippen LogP contribution is 2.56. The topological polar surface area (TPSA) is 66.5 Å². The van der Waals surface area contributed by atoms with Gasteiger partial charge in [-0.2, -0.15) is 13.2 Å². The number of anilines is 1. The maximum atomic E-state index is 13.0. The van der Waals surface area contributed by atoms with Crippen molar-refractivity contribution in [3.05, 3.63) is 28.8 Å². The van der Waals surface area contributed by atoms with Gasteiger partial charge < -0.3 is 5.32 Å². The van der Waals surface area contributed by atoms with Crippen LogP contribution in [0.25, 0.3) is 0 Å². The molecule has 9 heteroatoms. The summed E-state index contributed by atoms with van der Waals surface area (Å²) >= 11 is 5.98. The Hall–Kier alpha value is -2.09. The Morgan fingerprint density at radius 3 is 2.12 bits per heavy atom.